The molecule has 0 aromatic carbocycles. The summed E-state index contributed by atoms with van der Waals surface area (Å²) in [5.41, 5.74) is 2.34. The van der Waals surface area contributed by atoms with Gasteiger partial charge in [-0.3, -0.25) is 14.4 Å². The summed E-state index contributed by atoms with van der Waals surface area (Å²) in [6.45, 7) is 5.40. The fraction of sp³-hybridized carbons (Fsp3) is 0.722. The highest BCUT2D eigenvalue weighted by Gasteiger charge is 2.49. The minimum atomic E-state index is -5.08. The smallest absolute Gasteiger partial charge is 0.475 e. The van der Waals surface area contributed by atoms with Gasteiger partial charge < -0.3 is 14.7 Å². The minimum Gasteiger partial charge on any atom is -0.475 e. The van der Waals surface area contributed by atoms with Crippen molar-refractivity contribution in [2.75, 3.05) is 39.5 Å². The van der Waals surface area contributed by atoms with Crippen LogP contribution in [0.2, 0.25) is 0 Å². The van der Waals surface area contributed by atoms with Gasteiger partial charge in [0, 0.05) is 51.3 Å². The van der Waals surface area contributed by atoms with Crippen molar-refractivity contribution in [3.8, 4) is 0 Å². The summed E-state index contributed by atoms with van der Waals surface area (Å²) in [6, 6.07) is 2.16. The first kappa shape index (κ1) is 24.5. The number of carbonyl (C=O) groups is 2. The van der Waals surface area contributed by atoms with Gasteiger partial charge in [-0.1, -0.05) is 0 Å². The molecule has 30 heavy (non-hydrogen) atoms. The van der Waals surface area contributed by atoms with Crippen molar-refractivity contribution in [2.24, 2.45) is 7.05 Å². The van der Waals surface area contributed by atoms with Gasteiger partial charge in [0.15, 0.2) is 0 Å². The summed E-state index contributed by atoms with van der Waals surface area (Å²) in [6.07, 6.45) is -3.82. The van der Waals surface area contributed by atoms with Crippen LogP contribution >= 0.6 is 11.8 Å². The molecule has 2 aliphatic heterocycles. The SMILES string of the molecule is Cc1cc(CN2CC3(CC(OCC(=O)N(C)C)CS3)C2)n(C)n1.O=C(O)C(F)(F)F. The molecule has 1 aromatic rings. The van der Waals surface area contributed by atoms with Crippen molar-refractivity contribution in [1.82, 2.24) is 19.6 Å². The summed E-state index contributed by atoms with van der Waals surface area (Å²) in [7, 11) is 5.54. The van der Waals surface area contributed by atoms with Gasteiger partial charge in [0.25, 0.3) is 0 Å². The van der Waals surface area contributed by atoms with Gasteiger partial charge in [-0.2, -0.15) is 18.3 Å². The summed E-state index contributed by atoms with van der Waals surface area (Å²) in [5, 5.41) is 11.5. The first-order valence-electron chi connectivity index (χ1n) is 9.29. The third-order valence-electron chi connectivity index (χ3n) is 4.87. The van der Waals surface area contributed by atoms with E-state index in [4.69, 9.17) is 14.6 Å². The van der Waals surface area contributed by atoms with E-state index in [1.54, 1.807) is 19.0 Å². The molecular formula is C18H27F3N4O4S. The number of nitrogens with zero attached hydrogens (tertiary/aromatic N) is 4. The third kappa shape index (κ3) is 6.61. The summed E-state index contributed by atoms with van der Waals surface area (Å²) < 4.78 is 39.8. The maximum absolute atomic E-state index is 11.6. The average molecular weight is 452 g/mol. The highest BCUT2D eigenvalue weighted by atomic mass is 32.2. The predicted molar refractivity (Wildman–Crippen MR) is 105 cm³/mol. The number of amides is 1. The number of carbonyl (C=O) groups excluding carboxylic acids is 1. The van der Waals surface area contributed by atoms with Crippen molar-refractivity contribution >= 4 is 23.6 Å². The van der Waals surface area contributed by atoms with Crippen LogP contribution in [0.15, 0.2) is 6.07 Å². The number of ether oxygens (including phenoxy) is 1. The number of hydrogen-bond acceptors (Lipinski definition) is 6. The lowest BCUT2D eigenvalue weighted by atomic mass is 9.93. The molecule has 0 radical (unpaired) electrons. The molecule has 2 aliphatic rings. The zero-order chi connectivity index (χ0) is 22.7. The van der Waals surface area contributed by atoms with Crippen LogP contribution in [-0.4, -0.2) is 93.1 Å². The predicted octanol–water partition coefficient (Wildman–Crippen LogP) is 1.53. The molecule has 1 atom stereocenters. The third-order valence-corrected chi connectivity index (χ3v) is 6.44. The fourth-order valence-corrected chi connectivity index (χ4v) is 4.97. The van der Waals surface area contributed by atoms with Crippen LogP contribution in [0.3, 0.4) is 0 Å². The maximum atomic E-state index is 11.6. The Morgan fingerprint density at radius 1 is 1.40 bits per heavy atom. The van der Waals surface area contributed by atoms with Crippen LogP contribution in [-0.2, 0) is 27.9 Å². The Hall–Kier alpha value is -1.79. The molecule has 8 nitrogen and oxygen atoms in total. The van der Waals surface area contributed by atoms with Crippen molar-refractivity contribution in [3.63, 3.8) is 0 Å². The molecule has 1 unspecified atom stereocenters. The van der Waals surface area contributed by atoms with E-state index in [0.29, 0.717) is 4.75 Å². The first-order valence-corrected chi connectivity index (χ1v) is 10.3. The Morgan fingerprint density at radius 3 is 2.47 bits per heavy atom. The molecule has 1 spiro atoms. The lowest BCUT2D eigenvalue weighted by Gasteiger charge is -2.47. The van der Waals surface area contributed by atoms with Gasteiger partial charge in [0.2, 0.25) is 5.91 Å². The summed E-state index contributed by atoms with van der Waals surface area (Å²) in [4.78, 5) is 24.6. The number of carboxylic acid groups (broad SMARTS) is 1. The lowest BCUT2D eigenvalue weighted by molar-refractivity contribution is -0.192. The van der Waals surface area contributed by atoms with Gasteiger partial charge in [-0.05, 0) is 19.4 Å². The highest BCUT2D eigenvalue weighted by Crippen LogP contribution is 2.46. The van der Waals surface area contributed by atoms with Crippen LogP contribution in [0.4, 0.5) is 13.2 Å². The quantitative estimate of drug-likeness (QED) is 0.725. The Balaban J connectivity index is 0.000000396. The number of aromatic nitrogens is 2. The highest BCUT2D eigenvalue weighted by molar-refractivity contribution is 8.01. The Labute approximate surface area is 177 Å². The second-order valence-corrected chi connectivity index (χ2v) is 9.26. The molecule has 0 saturated carbocycles. The summed E-state index contributed by atoms with van der Waals surface area (Å²) in [5.74, 6) is -1.72. The zero-order valence-corrected chi connectivity index (χ0v) is 18.2. The normalized spacial score (nSPS) is 20.4. The number of halogens is 3. The number of rotatable bonds is 5. The van der Waals surface area contributed by atoms with Crippen LogP contribution < -0.4 is 0 Å². The molecule has 0 bridgehead atoms. The summed E-state index contributed by atoms with van der Waals surface area (Å²) >= 11 is 2.01. The molecule has 2 saturated heterocycles. The van der Waals surface area contributed by atoms with Crippen molar-refractivity contribution in [1.29, 1.82) is 0 Å². The number of alkyl halides is 3. The molecule has 2 fully saturated rings. The molecule has 1 amide bonds. The topological polar surface area (TPSA) is 87.9 Å². The molecule has 3 heterocycles. The van der Waals surface area contributed by atoms with Gasteiger partial charge in [0.05, 0.1) is 17.5 Å². The Bertz CT molecular complexity index is 763. The molecule has 1 N–H and O–H groups in total. The van der Waals surface area contributed by atoms with Gasteiger partial charge in [0.1, 0.15) is 6.61 Å². The number of carboxylic acids is 1. The zero-order valence-electron chi connectivity index (χ0n) is 17.4. The standard InChI is InChI=1S/C16H26N4O2S.C2HF3O2/c1-12-5-13(19(4)17-12)7-20-10-16(11-20)6-14(9-23-16)22-8-15(21)18(2)3;3-2(4,5)1(6)7/h5,14H,6-11H2,1-4H3;(H,6,7). The average Bonchev–Trinajstić information content (AvgIpc) is 3.15. The van der Waals surface area contributed by atoms with E-state index in [1.165, 1.54) is 5.69 Å². The van der Waals surface area contributed by atoms with Crippen molar-refractivity contribution in [2.45, 2.75) is 36.9 Å². The van der Waals surface area contributed by atoms with E-state index >= 15 is 0 Å². The second kappa shape index (κ2) is 9.56. The number of aryl methyl sites for hydroxylation is 2. The Kier molecular flexibility index (Phi) is 7.80. The van der Waals surface area contributed by atoms with E-state index in [9.17, 15) is 18.0 Å². The molecule has 170 valence electrons. The van der Waals surface area contributed by atoms with Gasteiger partial charge >= 0.3 is 12.1 Å². The van der Waals surface area contributed by atoms with Crippen molar-refractivity contribution < 1.29 is 32.6 Å². The molecule has 1 aromatic heterocycles. The first-order chi connectivity index (χ1) is 13.8. The lowest BCUT2D eigenvalue weighted by Crippen LogP contribution is -2.58. The number of aliphatic carboxylic acids is 1. The van der Waals surface area contributed by atoms with E-state index in [0.717, 1.165) is 37.5 Å². The van der Waals surface area contributed by atoms with Crippen molar-refractivity contribution in [3.05, 3.63) is 17.5 Å². The number of thioether (sulfide) groups is 1. The fourth-order valence-electron chi connectivity index (χ4n) is 3.37. The van der Waals surface area contributed by atoms with Gasteiger partial charge in [-0.25, -0.2) is 4.79 Å². The van der Waals surface area contributed by atoms with Crippen LogP contribution in [0, 0.1) is 6.92 Å². The molecular weight excluding hydrogens is 425 g/mol. The maximum Gasteiger partial charge on any atom is 0.490 e. The second-order valence-electron chi connectivity index (χ2n) is 7.77. The number of likely N-dealkylation sites (tertiary alicyclic amines) is 1. The van der Waals surface area contributed by atoms with E-state index < -0.39 is 12.1 Å². The number of hydrogen-bond donors (Lipinski definition) is 1. The molecule has 0 aliphatic carbocycles. The monoisotopic (exact) mass is 452 g/mol. The van der Waals surface area contributed by atoms with Crippen LogP contribution in [0.5, 0.6) is 0 Å². The van der Waals surface area contributed by atoms with E-state index in [-0.39, 0.29) is 18.6 Å². The van der Waals surface area contributed by atoms with E-state index in [2.05, 4.69) is 16.1 Å². The number of likely N-dealkylation sites (N-methyl/N-ethyl adjacent to an activating group) is 1. The molecule has 3 rings (SSSR count). The van der Waals surface area contributed by atoms with E-state index in [1.807, 2.05) is 30.4 Å². The van der Waals surface area contributed by atoms with Gasteiger partial charge in [-0.15, -0.1) is 11.8 Å². The van der Waals surface area contributed by atoms with Crippen LogP contribution in [0.1, 0.15) is 17.8 Å². The molecule has 12 heteroatoms. The van der Waals surface area contributed by atoms with Crippen LogP contribution in [0.25, 0.3) is 0 Å². The minimum absolute atomic E-state index is 0.0396. The Morgan fingerprint density at radius 2 is 2.00 bits per heavy atom. The largest absolute Gasteiger partial charge is 0.490 e.